The van der Waals surface area contributed by atoms with Crippen LogP contribution in [0.4, 0.5) is 16.2 Å². The van der Waals surface area contributed by atoms with Crippen LogP contribution in [0.5, 0.6) is 0 Å². The number of non-ortho nitro benzene ring substituents is 1. The summed E-state index contributed by atoms with van der Waals surface area (Å²) in [5.41, 5.74) is 1.99. The lowest BCUT2D eigenvalue weighted by Gasteiger charge is -2.11. The quantitative estimate of drug-likeness (QED) is 0.158. The van der Waals surface area contributed by atoms with Gasteiger partial charge >= 0.3 is 6.09 Å². The number of nitrogens with one attached hydrogen (secondary N) is 1. The molecule has 1 aromatic heterocycles. The monoisotopic (exact) mass is 465 g/mol. The first-order chi connectivity index (χ1) is 15.4. The van der Waals surface area contributed by atoms with E-state index in [-0.39, 0.29) is 30.5 Å². The van der Waals surface area contributed by atoms with Crippen molar-refractivity contribution < 1.29 is 36.2 Å². The lowest BCUT2D eigenvalue weighted by molar-refractivity contribution is -0.645. The van der Waals surface area contributed by atoms with Gasteiger partial charge in [-0.25, -0.2) is 4.79 Å². The number of pyridine rings is 1. The van der Waals surface area contributed by atoms with Gasteiger partial charge in [-0.2, -0.15) is 4.57 Å². The van der Waals surface area contributed by atoms with Crippen LogP contribution in [-0.2, 0) is 11.8 Å². The molecule has 1 N–H and O–H groups in total. The van der Waals surface area contributed by atoms with Crippen molar-refractivity contribution in [1.82, 2.24) is 0 Å². The number of aromatic nitrogens is 1. The van der Waals surface area contributed by atoms with Crippen LogP contribution in [0.15, 0.2) is 66.7 Å². The third-order valence-corrected chi connectivity index (χ3v) is 5.24. The van der Waals surface area contributed by atoms with E-state index in [0.29, 0.717) is 22.3 Å². The summed E-state index contributed by atoms with van der Waals surface area (Å²) in [5.74, 6) is -0.286. The lowest BCUT2D eigenvalue weighted by atomic mass is 9.97. The van der Waals surface area contributed by atoms with Gasteiger partial charge in [0.2, 0.25) is 5.52 Å². The first kappa shape index (κ1) is 23.6. The molecular formula is C24H20ClN3O5. The fourth-order valence-corrected chi connectivity index (χ4v) is 3.78. The Labute approximate surface area is 195 Å². The Morgan fingerprint density at radius 1 is 1.00 bits per heavy atom. The minimum atomic E-state index is -0.583. The van der Waals surface area contributed by atoms with Gasteiger partial charge in [0.15, 0.2) is 0 Å². The maximum Gasteiger partial charge on any atom is 0.411 e. The number of aryl methyl sites for hydroxylation is 1. The van der Waals surface area contributed by atoms with Crippen molar-refractivity contribution in [2.24, 2.45) is 7.05 Å². The Hall–Kier alpha value is -4.04. The average molecular weight is 466 g/mol. The number of carbonyl (C=O) groups is 2. The van der Waals surface area contributed by atoms with Crippen LogP contribution in [0.1, 0.15) is 23.0 Å². The number of hydrogen-bond acceptors (Lipinski definition) is 5. The highest BCUT2D eigenvalue weighted by molar-refractivity contribution is 6.18. The van der Waals surface area contributed by atoms with Crippen LogP contribution in [0, 0.1) is 10.1 Å². The SMILES string of the molecule is CCOC(=O)Nc1ccc2c(c1)c(C(=O)c1ccc([N+](=O)[O-])cc1)[n+](C)c1ccccc21.[Cl-]. The van der Waals surface area contributed by atoms with Crippen LogP contribution < -0.4 is 22.3 Å². The van der Waals surface area contributed by atoms with Crippen LogP contribution in [0.3, 0.4) is 0 Å². The molecule has 4 rings (SSSR count). The second-order valence-corrected chi connectivity index (χ2v) is 7.16. The van der Waals surface area contributed by atoms with Crippen LogP contribution in [0.25, 0.3) is 21.7 Å². The molecule has 0 aliphatic heterocycles. The van der Waals surface area contributed by atoms with Crippen LogP contribution in [-0.4, -0.2) is 23.4 Å². The molecule has 1 heterocycles. The summed E-state index contributed by atoms with van der Waals surface area (Å²) in [6.07, 6.45) is -0.583. The van der Waals surface area contributed by atoms with E-state index in [2.05, 4.69) is 5.32 Å². The summed E-state index contributed by atoms with van der Waals surface area (Å²) in [7, 11) is 1.80. The molecule has 3 aromatic carbocycles. The van der Waals surface area contributed by atoms with Crippen molar-refractivity contribution >= 4 is 44.9 Å². The maximum atomic E-state index is 13.5. The van der Waals surface area contributed by atoms with E-state index in [1.807, 2.05) is 30.3 Å². The molecule has 4 aromatic rings. The molecule has 0 spiro atoms. The Morgan fingerprint density at radius 3 is 2.36 bits per heavy atom. The molecule has 0 unspecified atom stereocenters. The molecule has 0 radical (unpaired) electrons. The highest BCUT2D eigenvalue weighted by atomic mass is 35.5. The zero-order valence-corrected chi connectivity index (χ0v) is 18.6. The molecule has 0 atom stereocenters. The van der Waals surface area contributed by atoms with E-state index in [0.717, 1.165) is 16.3 Å². The number of nitrogens with zero attached hydrogens (tertiary/aromatic N) is 2. The minimum Gasteiger partial charge on any atom is -1.00 e. The summed E-state index contributed by atoms with van der Waals surface area (Å²) in [6.45, 7) is 1.95. The van der Waals surface area contributed by atoms with Gasteiger partial charge in [0.25, 0.3) is 17.2 Å². The Kier molecular flexibility index (Phi) is 6.89. The largest absolute Gasteiger partial charge is 1.00 e. The molecule has 0 bridgehead atoms. The first-order valence-corrected chi connectivity index (χ1v) is 9.98. The van der Waals surface area contributed by atoms with Gasteiger partial charge in [-0.15, -0.1) is 0 Å². The number of fused-ring (bicyclic) bond motifs is 3. The molecule has 0 aliphatic carbocycles. The molecule has 0 saturated heterocycles. The normalized spacial score (nSPS) is 10.5. The topological polar surface area (TPSA) is 102 Å². The zero-order valence-electron chi connectivity index (χ0n) is 17.9. The summed E-state index contributed by atoms with van der Waals surface area (Å²) in [4.78, 5) is 35.9. The van der Waals surface area contributed by atoms with Crippen molar-refractivity contribution in [3.05, 3.63) is 88.1 Å². The van der Waals surface area contributed by atoms with E-state index in [9.17, 15) is 19.7 Å². The second-order valence-electron chi connectivity index (χ2n) is 7.16. The summed E-state index contributed by atoms with van der Waals surface area (Å²) < 4.78 is 6.75. The van der Waals surface area contributed by atoms with Gasteiger partial charge < -0.3 is 17.1 Å². The van der Waals surface area contributed by atoms with Crippen molar-refractivity contribution in [3.63, 3.8) is 0 Å². The van der Waals surface area contributed by atoms with Gasteiger partial charge in [0.1, 0.15) is 7.05 Å². The number of benzene rings is 3. The van der Waals surface area contributed by atoms with Gasteiger partial charge in [-0.1, -0.05) is 18.2 Å². The van der Waals surface area contributed by atoms with Gasteiger partial charge in [0.05, 0.1) is 22.3 Å². The molecule has 1 amide bonds. The highest BCUT2D eigenvalue weighted by Crippen LogP contribution is 2.29. The Morgan fingerprint density at radius 2 is 1.70 bits per heavy atom. The molecule has 8 nitrogen and oxygen atoms in total. The Balaban J connectivity index is 0.00000306. The summed E-state index contributed by atoms with van der Waals surface area (Å²) in [6, 6.07) is 18.6. The van der Waals surface area contributed by atoms with Gasteiger partial charge in [0, 0.05) is 34.8 Å². The molecule has 0 fully saturated rings. The van der Waals surface area contributed by atoms with E-state index < -0.39 is 11.0 Å². The smallest absolute Gasteiger partial charge is 0.411 e. The zero-order chi connectivity index (χ0) is 22.8. The number of para-hydroxylation sites is 1. The molecule has 33 heavy (non-hydrogen) atoms. The third-order valence-electron chi connectivity index (χ3n) is 5.24. The molecular weight excluding hydrogens is 446 g/mol. The fourth-order valence-electron chi connectivity index (χ4n) is 3.78. The lowest BCUT2D eigenvalue weighted by Crippen LogP contribution is -3.00. The number of nitro groups is 1. The van der Waals surface area contributed by atoms with E-state index in [1.165, 1.54) is 24.3 Å². The summed E-state index contributed by atoms with van der Waals surface area (Å²) in [5, 5.41) is 16.1. The van der Waals surface area contributed by atoms with E-state index >= 15 is 0 Å². The number of amides is 1. The number of hydrogen-bond donors (Lipinski definition) is 1. The average Bonchev–Trinajstić information content (AvgIpc) is 2.79. The maximum absolute atomic E-state index is 13.5. The standard InChI is InChI=1S/C24H19N3O5.ClH/c1-3-32-24(29)25-16-10-13-18-19-6-4-5-7-21(19)26(2)22(20(18)14-16)23(28)15-8-11-17(12-9-15)27(30)31;/h4-14H,3H2,1-2H3;1H. The molecule has 168 valence electrons. The van der Waals surface area contributed by atoms with E-state index in [4.69, 9.17) is 4.74 Å². The van der Waals surface area contributed by atoms with Crippen LogP contribution in [0.2, 0.25) is 0 Å². The van der Waals surface area contributed by atoms with Crippen LogP contribution >= 0.6 is 0 Å². The van der Waals surface area contributed by atoms with E-state index in [1.54, 1.807) is 30.7 Å². The number of rotatable bonds is 5. The number of halogens is 1. The number of nitro benzene ring substituents is 1. The number of ether oxygens (including phenoxy) is 1. The number of ketones is 1. The molecule has 0 aliphatic rings. The van der Waals surface area contributed by atoms with Crippen molar-refractivity contribution in [2.45, 2.75) is 6.92 Å². The third kappa shape index (κ3) is 4.47. The number of anilines is 1. The summed E-state index contributed by atoms with van der Waals surface area (Å²) >= 11 is 0. The Bertz CT molecular complexity index is 1390. The second kappa shape index (κ2) is 9.62. The highest BCUT2D eigenvalue weighted by Gasteiger charge is 2.27. The first-order valence-electron chi connectivity index (χ1n) is 9.98. The van der Waals surface area contributed by atoms with Crippen molar-refractivity contribution in [2.75, 3.05) is 11.9 Å². The van der Waals surface area contributed by atoms with Crippen molar-refractivity contribution in [3.8, 4) is 0 Å². The fraction of sp³-hybridized carbons (Fsp3) is 0.125. The minimum absolute atomic E-state index is 0. The predicted octanol–water partition coefficient (Wildman–Crippen LogP) is 1.53. The number of carbonyl (C=O) groups excluding carboxylic acids is 2. The van der Waals surface area contributed by atoms with Gasteiger partial charge in [-0.05, 0) is 37.3 Å². The van der Waals surface area contributed by atoms with Crippen molar-refractivity contribution in [1.29, 1.82) is 0 Å². The predicted molar refractivity (Wildman–Crippen MR) is 120 cm³/mol. The molecule has 9 heteroatoms. The molecule has 0 saturated carbocycles. The van der Waals surface area contributed by atoms with Gasteiger partial charge in [-0.3, -0.25) is 20.2 Å².